The number of anilines is 2. The molecular weight excluding hydrogens is 440 g/mol. The number of pyridine rings is 2. The van der Waals surface area contributed by atoms with E-state index in [-0.39, 0.29) is 5.75 Å². The number of nitrogens with one attached hydrogen (secondary N) is 1. The predicted octanol–water partition coefficient (Wildman–Crippen LogP) is 6.12. The fraction of sp³-hybridized carbons (Fsp3) is 0.333. The van der Waals surface area contributed by atoms with Crippen molar-refractivity contribution >= 4 is 49.9 Å². The first-order valence-electron chi connectivity index (χ1n) is 9.42. The number of phenolic OH excluding ortho intramolecular Hbond substituents is 1. The minimum Gasteiger partial charge on any atom is -0.505 e. The van der Waals surface area contributed by atoms with Gasteiger partial charge in [0.15, 0.2) is 0 Å². The minimum absolute atomic E-state index is 0.212. The highest BCUT2D eigenvalue weighted by Gasteiger charge is 2.14. The van der Waals surface area contributed by atoms with E-state index in [1.54, 1.807) is 18.5 Å². The van der Waals surface area contributed by atoms with Crippen LogP contribution in [0.5, 0.6) is 5.75 Å². The van der Waals surface area contributed by atoms with E-state index in [9.17, 15) is 5.11 Å². The SMILES string of the molecule is CCCN(CCC)Cc1cc(Cl)cc(Nc2ccnc3cc(Br)cnc23)c1O. The maximum Gasteiger partial charge on any atom is 0.143 e. The van der Waals surface area contributed by atoms with Crippen LogP contribution in [0, 0.1) is 0 Å². The molecule has 148 valence electrons. The minimum atomic E-state index is 0.212. The quantitative estimate of drug-likeness (QED) is 0.394. The third-order valence-electron chi connectivity index (χ3n) is 4.44. The Balaban J connectivity index is 1.94. The van der Waals surface area contributed by atoms with E-state index in [2.05, 4.69) is 50.0 Å². The predicted molar refractivity (Wildman–Crippen MR) is 119 cm³/mol. The topological polar surface area (TPSA) is 61.3 Å². The smallest absolute Gasteiger partial charge is 0.143 e. The lowest BCUT2D eigenvalue weighted by atomic mass is 10.1. The number of aromatic hydroxyl groups is 1. The van der Waals surface area contributed by atoms with Crippen LogP contribution in [0.1, 0.15) is 32.3 Å². The highest BCUT2D eigenvalue weighted by atomic mass is 79.9. The van der Waals surface area contributed by atoms with Crippen LogP contribution in [0.3, 0.4) is 0 Å². The second-order valence-electron chi connectivity index (χ2n) is 6.74. The molecule has 0 aliphatic carbocycles. The molecule has 1 aromatic carbocycles. The summed E-state index contributed by atoms with van der Waals surface area (Å²) >= 11 is 9.78. The van der Waals surface area contributed by atoms with Crippen LogP contribution in [-0.2, 0) is 6.54 Å². The van der Waals surface area contributed by atoms with Gasteiger partial charge in [-0.25, -0.2) is 0 Å². The average molecular weight is 464 g/mol. The second-order valence-corrected chi connectivity index (χ2v) is 8.09. The van der Waals surface area contributed by atoms with Crippen molar-refractivity contribution in [1.29, 1.82) is 0 Å². The number of rotatable bonds is 8. The first kappa shape index (κ1) is 20.8. The average Bonchev–Trinajstić information content (AvgIpc) is 2.65. The molecule has 28 heavy (non-hydrogen) atoms. The molecule has 2 aromatic heterocycles. The highest BCUT2D eigenvalue weighted by molar-refractivity contribution is 9.10. The molecule has 5 nitrogen and oxygen atoms in total. The van der Waals surface area contributed by atoms with Gasteiger partial charge in [-0.15, -0.1) is 0 Å². The lowest BCUT2D eigenvalue weighted by Gasteiger charge is -2.22. The molecule has 0 fully saturated rings. The molecule has 0 saturated carbocycles. The van der Waals surface area contributed by atoms with E-state index >= 15 is 0 Å². The van der Waals surface area contributed by atoms with Crippen molar-refractivity contribution in [2.24, 2.45) is 0 Å². The van der Waals surface area contributed by atoms with Gasteiger partial charge in [0.25, 0.3) is 0 Å². The molecule has 0 bridgehead atoms. The largest absolute Gasteiger partial charge is 0.505 e. The van der Waals surface area contributed by atoms with Crippen molar-refractivity contribution in [2.75, 3.05) is 18.4 Å². The number of aromatic nitrogens is 2. The fourth-order valence-electron chi connectivity index (χ4n) is 3.27. The van der Waals surface area contributed by atoms with Gasteiger partial charge in [-0.3, -0.25) is 14.9 Å². The molecule has 0 unspecified atom stereocenters. The summed E-state index contributed by atoms with van der Waals surface area (Å²) in [5.74, 6) is 0.212. The molecule has 0 aliphatic rings. The van der Waals surface area contributed by atoms with Gasteiger partial charge in [-0.1, -0.05) is 25.4 Å². The second kappa shape index (κ2) is 9.54. The summed E-state index contributed by atoms with van der Waals surface area (Å²) in [6, 6.07) is 7.31. The molecule has 0 atom stereocenters. The van der Waals surface area contributed by atoms with Crippen molar-refractivity contribution in [1.82, 2.24) is 14.9 Å². The Hall–Kier alpha value is -1.89. The number of phenols is 1. The van der Waals surface area contributed by atoms with E-state index in [1.165, 1.54) is 0 Å². The Morgan fingerprint density at radius 2 is 1.86 bits per heavy atom. The van der Waals surface area contributed by atoms with E-state index in [0.29, 0.717) is 17.3 Å². The van der Waals surface area contributed by atoms with Crippen molar-refractivity contribution in [3.05, 3.63) is 51.7 Å². The van der Waals surface area contributed by atoms with Crippen molar-refractivity contribution < 1.29 is 5.11 Å². The summed E-state index contributed by atoms with van der Waals surface area (Å²) in [4.78, 5) is 11.1. The van der Waals surface area contributed by atoms with Crippen molar-refractivity contribution in [2.45, 2.75) is 33.2 Å². The summed E-state index contributed by atoms with van der Waals surface area (Å²) in [6.45, 7) is 6.94. The van der Waals surface area contributed by atoms with Gasteiger partial charge >= 0.3 is 0 Å². The van der Waals surface area contributed by atoms with E-state index in [1.807, 2.05) is 18.2 Å². The molecule has 0 aliphatic heterocycles. The molecule has 0 saturated heterocycles. The molecule has 3 rings (SSSR count). The number of fused-ring (bicyclic) bond motifs is 1. The number of halogens is 2. The van der Waals surface area contributed by atoms with Crippen molar-refractivity contribution in [3.63, 3.8) is 0 Å². The highest BCUT2D eigenvalue weighted by Crippen LogP contribution is 2.36. The molecule has 0 amide bonds. The van der Waals surface area contributed by atoms with Crippen LogP contribution >= 0.6 is 27.5 Å². The standard InChI is InChI=1S/C21H24BrClN4O/c1-3-7-27(8-4-2)13-14-9-16(23)11-19(21(14)28)26-17-5-6-24-18-10-15(22)12-25-20(17)18/h5-6,9-12,28H,3-4,7-8,13H2,1-2H3,(H,24,26). The van der Waals surface area contributed by atoms with Gasteiger partial charge in [-0.05, 0) is 66.1 Å². The van der Waals surface area contributed by atoms with E-state index in [4.69, 9.17) is 11.6 Å². The molecule has 7 heteroatoms. The zero-order chi connectivity index (χ0) is 20.1. The Kier molecular flexibility index (Phi) is 7.10. The zero-order valence-electron chi connectivity index (χ0n) is 16.0. The number of nitrogens with zero attached hydrogens (tertiary/aromatic N) is 3. The molecule has 0 radical (unpaired) electrons. The molecular formula is C21H24BrClN4O. The summed E-state index contributed by atoms with van der Waals surface area (Å²) < 4.78 is 0.865. The van der Waals surface area contributed by atoms with Gasteiger partial charge in [-0.2, -0.15) is 0 Å². The van der Waals surface area contributed by atoms with Crippen LogP contribution in [0.25, 0.3) is 11.0 Å². The van der Waals surface area contributed by atoms with Crippen LogP contribution in [0.2, 0.25) is 5.02 Å². The molecule has 3 aromatic rings. The Morgan fingerprint density at radius 1 is 1.11 bits per heavy atom. The van der Waals surface area contributed by atoms with Crippen LogP contribution < -0.4 is 5.32 Å². The van der Waals surface area contributed by atoms with Gasteiger partial charge < -0.3 is 10.4 Å². The summed E-state index contributed by atoms with van der Waals surface area (Å²) in [5.41, 5.74) is 3.63. The Labute approximate surface area is 178 Å². The Morgan fingerprint density at radius 3 is 2.57 bits per heavy atom. The third-order valence-corrected chi connectivity index (χ3v) is 5.09. The number of benzene rings is 1. The van der Waals surface area contributed by atoms with Crippen molar-refractivity contribution in [3.8, 4) is 5.75 Å². The number of hydrogen-bond acceptors (Lipinski definition) is 5. The van der Waals surface area contributed by atoms with Crippen LogP contribution in [0.4, 0.5) is 11.4 Å². The maximum absolute atomic E-state index is 10.9. The first-order valence-corrected chi connectivity index (χ1v) is 10.6. The van der Waals surface area contributed by atoms with E-state index in [0.717, 1.165) is 52.7 Å². The fourth-order valence-corrected chi connectivity index (χ4v) is 3.83. The summed E-state index contributed by atoms with van der Waals surface area (Å²) in [7, 11) is 0. The number of hydrogen-bond donors (Lipinski definition) is 2. The molecule has 2 heterocycles. The monoisotopic (exact) mass is 462 g/mol. The molecule has 2 N–H and O–H groups in total. The summed E-state index contributed by atoms with van der Waals surface area (Å²) in [5, 5.41) is 14.7. The first-order chi connectivity index (χ1) is 13.5. The van der Waals surface area contributed by atoms with Gasteiger partial charge in [0, 0.05) is 34.0 Å². The lowest BCUT2D eigenvalue weighted by Crippen LogP contribution is -2.25. The zero-order valence-corrected chi connectivity index (χ0v) is 18.4. The summed E-state index contributed by atoms with van der Waals surface area (Å²) in [6.07, 6.45) is 5.57. The van der Waals surface area contributed by atoms with Crippen LogP contribution in [-0.4, -0.2) is 33.1 Å². The van der Waals surface area contributed by atoms with Crippen LogP contribution in [0.15, 0.2) is 41.1 Å². The third kappa shape index (κ3) is 4.93. The normalized spacial score (nSPS) is 11.3. The van der Waals surface area contributed by atoms with E-state index < -0.39 is 0 Å². The van der Waals surface area contributed by atoms with Gasteiger partial charge in [0.1, 0.15) is 11.3 Å². The maximum atomic E-state index is 10.9. The van der Waals surface area contributed by atoms with Gasteiger partial charge in [0.05, 0.1) is 16.9 Å². The Bertz CT molecular complexity index is 961. The van der Waals surface area contributed by atoms with Gasteiger partial charge in [0.2, 0.25) is 0 Å². The molecule has 0 spiro atoms. The lowest BCUT2D eigenvalue weighted by molar-refractivity contribution is 0.263.